The number of morpholine rings is 5. The van der Waals surface area contributed by atoms with Gasteiger partial charge in [-0.2, -0.15) is 24.9 Å². The third-order valence-electron chi connectivity index (χ3n) is 26.0. The Bertz CT molecular complexity index is 7120. The van der Waals surface area contributed by atoms with Gasteiger partial charge < -0.3 is 93.9 Å². The number of benzene rings is 3. The molecule has 0 amide bonds. The third-order valence-corrected chi connectivity index (χ3v) is 27.1. The highest BCUT2D eigenvalue weighted by atomic mass is 32.2. The highest BCUT2D eigenvalue weighted by Crippen LogP contribution is 2.40. The van der Waals surface area contributed by atoms with Crippen LogP contribution in [0.4, 0.5) is 47.2 Å². The van der Waals surface area contributed by atoms with E-state index in [9.17, 15) is 14.4 Å². The van der Waals surface area contributed by atoms with Crippen molar-refractivity contribution in [2.24, 2.45) is 0 Å². The Morgan fingerprint density at radius 1 is 0.400 bits per heavy atom. The molecule has 22 rings (SSSR count). The molecule has 0 spiro atoms. The number of hydrogen-bond acceptors (Lipinski definition) is 34. The molecule has 1 saturated carbocycles. The second-order valence-corrected chi connectivity index (χ2v) is 38.3. The number of nitrogens with zero attached hydrogens (tertiary/aromatic N) is 28. The maximum Gasteiger partial charge on any atom is 0.228 e. The first-order valence-electron chi connectivity index (χ1n) is 48.1. The predicted molar refractivity (Wildman–Crippen MR) is 546 cm³/mol. The summed E-state index contributed by atoms with van der Waals surface area (Å²) in [5.74, 6) is 9.99. The van der Waals surface area contributed by atoms with Crippen molar-refractivity contribution in [2.75, 3.05) is 179 Å². The van der Waals surface area contributed by atoms with Crippen molar-refractivity contribution in [2.45, 2.75) is 136 Å². The van der Waals surface area contributed by atoms with E-state index in [4.69, 9.17) is 101 Å². The molecule has 40 heteroatoms. The van der Waals surface area contributed by atoms with Crippen molar-refractivity contribution in [3.05, 3.63) is 164 Å². The second-order valence-electron chi connectivity index (χ2n) is 35.9. The van der Waals surface area contributed by atoms with Crippen LogP contribution in [0.25, 0.3) is 112 Å². The number of hydrogen-bond donors (Lipinski definition) is 5. The summed E-state index contributed by atoms with van der Waals surface area (Å²) in [6, 6.07) is 34.8. The highest BCUT2D eigenvalue weighted by molar-refractivity contribution is 7.99. The van der Waals surface area contributed by atoms with Gasteiger partial charge in [0, 0.05) is 152 Å². The smallest absolute Gasteiger partial charge is 0.228 e. The number of aromatic nitrogens is 23. The fourth-order valence-electron chi connectivity index (χ4n) is 17.9. The Morgan fingerprint density at radius 2 is 0.771 bits per heavy atom. The molecule has 0 radical (unpaired) electrons. The number of fused-ring (bicyclic) bond motifs is 5. The van der Waals surface area contributed by atoms with E-state index in [1.54, 1.807) is 73.4 Å². The van der Waals surface area contributed by atoms with Gasteiger partial charge >= 0.3 is 0 Å². The topological polar surface area (TPSA) is 455 Å². The molecule has 1 aliphatic carbocycles. The van der Waals surface area contributed by atoms with Crippen LogP contribution in [-0.4, -0.2) is 271 Å². The standard InChI is InChI=1S/C22H23N7O.C21H27N5O3S.C20H25N5O2.C19H23N7O.C18H23N7O/c1-15-3-2-4-16(11-15)13-29-14-25-20-19(17-5-6-18(23)24-12-17)26-22(27-21(20)29)28-7-9-30-10-8-28;1-5-14(2)26-19-18(23-21(26)30(3,4)28)17(15-7-6-8-16(27)13-15)22-20(24-19)25-9-11-29-12-10-25;1-4-13(2)25-14(3)21-18-17(15-6-5-7-16(26)12-15)22-20(23-19(18)25)24-8-10-27-11-9-24;20-15-6-5-13(11-21-15)16-17-18(26(12-22-17)14-3-1-2-4-14)24-19(23-16)25-7-9-27-10-8-25;1-3-12(2)25-11-21-16-15(13-4-5-14(19)20-10-13)22-18(23-17(16)25)24-6-8-26-9-7-24/h2-6,11-12,14H,7-10,13H2,1H3,(H2,23,24);6-8,13-14,27H,3,5,9-12H2,1-2,4H3;5-7,12-13,26H,4,8-11H2,1-3H3;5-6,11-12,14H,1-4,7-10H2,(H2,20,21);4-5,10-12H,3,6-9H2,1-2H3,(H2,19,20). The lowest BCUT2D eigenvalue weighted by molar-refractivity contribution is 0.122. The average Bonchev–Trinajstić information content (AvgIpc) is 1.58. The zero-order valence-corrected chi connectivity index (χ0v) is 81.5. The van der Waals surface area contributed by atoms with E-state index < -0.39 is 9.52 Å². The van der Waals surface area contributed by atoms with Crippen molar-refractivity contribution in [1.29, 1.82) is 0 Å². The van der Waals surface area contributed by atoms with Crippen LogP contribution >= 0.6 is 0 Å². The first-order valence-corrected chi connectivity index (χ1v) is 50.2. The molecule has 730 valence electrons. The maximum atomic E-state index is 13.0. The molecule has 16 aromatic rings. The minimum absolute atomic E-state index is 0.0389. The number of imidazole rings is 5. The first-order chi connectivity index (χ1) is 68.0. The van der Waals surface area contributed by atoms with Gasteiger partial charge in [0.15, 0.2) is 33.4 Å². The fraction of sp³-hybridized carbons (Fsp3) is 0.410. The van der Waals surface area contributed by atoms with Gasteiger partial charge in [-0.05, 0) is 139 Å². The lowest BCUT2D eigenvalue weighted by Crippen LogP contribution is -2.37. The van der Waals surface area contributed by atoms with Gasteiger partial charge in [-0.25, -0.2) is 64.8 Å². The van der Waals surface area contributed by atoms with Gasteiger partial charge in [0.1, 0.15) is 90.8 Å². The molecule has 4 unspecified atom stereocenters. The van der Waals surface area contributed by atoms with Gasteiger partial charge in [0.05, 0.1) is 91.6 Å². The van der Waals surface area contributed by atoms with E-state index in [2.05, 4.69) is 151 Å². The van der Waals surface area contributed by atoms with E-state index >= 15 is 0 Å². The van der Waals surface area contributed by atoms with E-state index in [0.717, 1.165) is 179 Å². The number of phenols is 2. The van der Waals surface area contributed by atoms with Crippen LogP contribution in [0.1, 0.15) is 128 Å². The Hall–Kier alpha value is -14.3. The molecular formula is C100H121N31O8S. The van der Waals surface area contributed by atoms with Gasteiger partial charge in [-0.1, -0.05) is 87.7 Å². The van der Waals surface area contributed by atoms with Crippen molar-refractivity contribution < 1.29 is 38.1 Å². The number of aryl methyl sites for hydroxylation is 2. The van der Waals surface area contributed by atoms with E-state index in [1.807, 2.05) is 66.9 Å². The Balaban J connectivity index is 0.000000116. The van der Waals surface area contributed by atoms with Crippen LogP contribution < -0.4 is 41.7 Å². The predicted octanol–water partition coefficient (Wildman–Crippen LogP) is 13.4. The van der Waals surface area contributed by atoms with Crippen LogP contribution in [0.2, 0.25) is 0 Å². The Morgan fingerprint density at radius 3 is 1.19 bits per heavy atom. The monoisotopic (exact) mass is 1920 g/mol. The van der Waals surface area contributed by atoms with Crippen LogP contribution in [0.3, 0.4) is 0 Å². The van der Waals surface area contributed by atoms with Crippen LogP contribution in [0.5, 0.6) is 11.5 Å². The van der Waals surface area contributed by atoms with E-state index in [1.165, 1.54) is 36.8 Å². The number of anilines is 8. The quantitative estimate of drug-likeness (QED) is 0.0442. The molecule has 140 heavy (non-hydrogen) atoms. The summed E-state index contributed by atoms with van der Waals surface area (Å²) in [6.07, 6.45) is 20.1. The SMILES string of the molecule is C=S(C)(=O)c1nc2c(-c3cccc(O)c3)nc(N3CCOCC3)nc2n1C(C)CC.CCC(C)n1c(C)nc2c(-c3cccc(O)c3)nc(N3CCOCC3)nc21.CCC(C)n1cnc2c(-c3ccc(N)nc3)nc(N3CCOCC3)nc21.Cc1cccc(Cn2cnc3c(-c4ccc(N)nc4)nc(N4CCOCC4)nc32)c1.Nc1ccc(-c2nc(N3CCOCC3)nc3c2ncn3C2CCCC2)cn1. The zero-order chi connectivity index (χ0) is 97.2. The summed E-state index contributed by atoms with van der Waals surface area (Å²) >= 11 is 0. The van der Waals surface area contributed by atoms with Crippen molar-refractivity contribution in [3.8, 4) is 67.8 Å². The van der Waals surface area contributed by atoms with Crippen molar-refractivity contribution in [3.63, 3.8) is 0 Å². The fourth-order valence-corrected chi connectivity index (χ4v) is 18.9. The number of ether oxygens (including phenoxy) is 5. The lowest BCUT2D eigenvalue weighted by atomic mass is 10.1. The molecule has 8 N–H and O–H groups in total. The average molecular weight is 1920 g/mol. The van der Waals surface area contributed by atoms with Gasteiger partial charge in [-0.3, -0.25) is 8.78 Å². The number of aromatic hydroxyl groups is 2. The number of rotatable bonds is 20. The molecule has 5 aliphatic heterocycles. The molecular weight excluding hydrogens is 1800 g/mol. The molecule has 4 atom stereocenters. The van der Waals surface area contributed by atoms with Crippen LogP contribution in [-0.2, 0) is 39.8 Å². The second kappa shape index (κ2) is 43.0. The maximum absolute atomic E-state index is 13.0. The third kappa shape index (κ3) is 21.3. The molecule has 5 saturated heterocycles. The van der Waals surface area contributed by atoms with Gasteiger partial charge in [0.25, 0.3) is 0 Å². The van der Waals surface area contributed by atoms with Crippen LogP contribution in [0.15, 0.2) is 152 Å². The number of phenolic OH excluding ortho intramolecular Hbond substituents is 2. The Kier molecular flexibility index (Phi) is 29.5. The lowest BCUT2D eigenvalue weighted by Gasteiger charge is -2.27. The summed E-state index contributed by atoms with van der Waals surface area (Å²) in [4.78, 5) is 95.5. The molecule has 6 aliphatic rings. The minimum Gasteiger partial charge on any atom is -0.508 e. The van der Waals surface area contributed by atoms with E-state index in [-0.39, 0.29) is 17.5 Å². The normalized spacial score (nSPS) is 16.5. The number of nitrogen functional groups attached to an aromatic ring is 3. The van der Waals surface area contributed by atoms with Crippen LogP contribution in [0, 0.1) is 13.8 Å². The summed E-state index contributed by atoms with van der Waals surface area (Å²) in [5.41, 5.74) is 35.4. The molecule has 39 nitrogen and oxygen atoms in total. The largest absolute Gasteiger partial charge is 0.508 e. The first kappa shape index (κ1) is 96.0. The summed E-state index contributed by atoms with van der Waals surface area (Å²) in [7, 11) is -2.59. The Labute approximate surface area is 811 Å². The molecule has 18 heterocycles. The highest BCUT2D eigenvalue weighted by Gasteiger charge is 2.32. The summed E-state index contributed by atoms with van der Waals surface area (Å²) in [5, 5.41) is 20.4. The van der Waals surface area contributed by atoms with Crippen molar-refractivity contribution >= 4 is 118 Å². The molecule has 13 aromatic heterocycles. The van der Waals surface area contributed by atoms with Gasteiger partial charge in [-0.15, -0.1) is 0 Å². The van der Waals surface area contributed by atoms with Gasteiger partial charge in [0.2, 0.25) is 29.7 Å². The summed E-state index contributed by atoms with van der Waals surface area (Å²) in [6.45, 7) is 31.8. The number of pyridine rings is 3. The summed E-state index contributed by atoms with van der Waals surface area (Å²) < 4.78 is 50.9. The van der Waals surface area contributed by atoms with E-state index in [0.29, 0.717) is 167 Å². The molecule has 3 aromatic carbocycles. The molecule has 6 fully saturated rings. The van der Waals surface area contributed by atoms with Crippen molar-refractivity contribution in [1.82, 2.24) is 113 Å². The molecule has 0 bridgehead atoms. The number of nitrogens with two attached hydrogens (primary N) is 3. The zero-order valence-electron chi connectivity index (χ0n) is 80.7. The minimum atomic E-state index is -2.59.